The number of fused-ring (bicyclic) bond motifs is 2. The number of hydrogen-bond acceptors (Lipinski definition) is 7. The van der Waals surface area contributed by atoms with Crippen molar-refractivity contribution in [2.45, 2.75) is 63.9 Å². The Hall–Kier alpha value is -3.04. The zero-order valence-corrected chi connectivity index (χ0v) is 23.9. The topological polar surface area (TPSA) is 76.8 Å². The maximum atomic E-state index is 13.5. The average Bonchev–Trinajstić information content (AvgIpc) is 3.58. The van der Waals surface area contributed by atoms with Gasteiger partial charge in [0.2, 0.25) is 0 Å². The van der Waals surface area contributed by atoms with Crippen LogP contribution in [0.1, 0.15) is 61.1 Å². The second kappa shape index (κ2) is 9.61. The molecule has 4 heterocycles. The Morgan fingerprint density at radius 1 is 1.13 bits per heavy atom. The van der Waals surface area contributed by atoms with Crippen LogP contribution in [-0.2, 0) is 5.75 Å². The lowest BCUT2D eigenvalue weighted by atomic mass is 9.65. The predicted molar refractivity (Wildman–Crippen MR) is 152 cm³/mol. The second-order valence-corrected chi connectivity index (χ2v) is 13.7. The van der Waals surface area contributed by atoms with E-state index in [1.165, 1.54) is 23.3 Å². The van der Waals surface area contributed by atoms with Crippen molar-refractivity contribution < 1.29 is 4.79 Å². The highest BCUT2D eigenvalue weighted by Crippen LogP contribution is 2.52. The molecule has 7 nitrogen and oxygen atoms in total. The largest absolute Gasteiger partial charge is 0.334 e. The van der Waals surface area contributed by atoms with Crippen LogP contribution >= 0.6 is 23.1 Å². The van der Waals surface area contributed by atoms with Gasteiger partial charge in [0.1, 0.15) is 10.7 Å². The Bertz CT molecular complexity index is 1460. The van der Waals surface area contributed by atoms with E-state index in [0.29, 0.717) is 17.5 Å². The molecule has 0 spiro atoms. The second-order valence-electron chi connectivity index (χ2n) is 11.8. The van der Waals surface area contributed by atoms with Gasteiger partial charge < -0.3 is 4.90 Å². The number of aryl methyl sites for hydroxylation is 1. The number of carbonyl (C=O) groups excluding carboxylic acids is 1. The first kappa shape index (κ1) is 25.2. The zero-order chi connectivity index (χ0) is 26.5. The summed E-state index contributed by atoms with van der Waals surface area (Å²) in [5.41, 5.74) is 4.14. The number of nitrogens with zero attached hydrogens (tertiary/aromatic N) is 6. The summed E-state index contributed by atoms with van der Waals surface area (Å²) in [7, 11) is 0. The smallest absolute Gasteiger partial charge is 0.273 e. The summed E-state index contributed by atoms with van der Waals surface area (Å²) in [6.45, 7) is 9.90. The molecular weight excluding hydrogens is 512 g/mol. The minimum absolute atomic E-state index is 0.0746. The first-order valence-corrected chi connectivity index (χ1v) is 14.9. The monoisotopic (exact) mass is 544 g/mol. The van der Waals surface area contributed by atoms with Crippen molar-refractivity contribution in [2.24, 2.45) is 10.8 Å². The quantitative estimate of drug-likeness (QED) is 0.261. The van der Waals surface area contributed by atoms with Crippen LogP contribution in [0, 0.1) is 17.8 Å². The Kier molecular flexibility index (Phi) is 6.39. The maximum Gasteiger partial charge on any atom is 0.273 e. The lowest BCUT2D eigenvalue weighted by Crippen LogP contribution is -2.37. The van der Waals surface area contributed by atoms with Gasteiger partial charge in [-0.2, -0.15) is 0 Å². The van der Waals surface area contributed by atoms with Gasteiger partial charge in [-0.05, 0) is 61.3 Å². The molecule has 1 aliphatic heterocycles. The van der Waals surface area contributed by atoms with E-state index < -0.39 is 0 Å². The summed E-state index contributed by atoms with van der Waals surface area (Å²) < 4.78 is 2.06. The van der Waals surface area contributed by atoms with Gasteiger partial charge in [-0.25, -0.2) is 4.98 Å². The summed E-state index contributed by atoms with van der Waals surface area (Å²) in [6.07, 6.45) is 6.89. The molecule has 2 atom stereocenters. The maximum absolute atomic E-state index is 13.5. The van der Waals surface area contributed by atoms with E-state index in [4.69, 9.17) is 4.98 Å². The van der Waals surface area contributed by atoms with Crippen molar-refractivity contribution in [3.8, 4) is 17.1 Å². The lowest BCUT2D eigenvalue weighted by molar-refractivity contribution is 0.0703. The minimum atomic E-state index is 0.0746. The summed E-state index contributed by atoms with van der Waals surface area (Å²) in [6, 6.07) is 12.5. The molecular formula is C29H32N6OS2. The van der Waals surface area contributed by atoms with E-state index in [1.54, 1.807) is 24.2 Å². The van der Waals surface area contributed by atoms with Crippen LogP contribution in [0.25, 0.3) is 17.1 Å². The number of hydrogen-bond donors (Lipinski definition) is 0. The Labute approximate surface area is 231 Å². The first-order valence-electron chi connectivity index (χ1n) is 13.0. The number of thiazole rings is 1. The molecule has 1 amide bonds. The summed E-state index contributed by atoms with van der Waals surface area (Å²) in [4.78, 5) is 24.6. The van der Waals surface area contributed by atoms with E-state index in [2.05, 4.69) is 76.6 Å². The van der Waals surface area contributed by atoms with Gasteiger partial charge in [-0.3, -0.25) is 14.3 Å². The van der Waals surface area contributed by atoms with Crippen molar-refractivity contribution in [3.05, 3.63) is 70.4 Å². The Morgan fingerprint density at radius 2 is 1.95 bits per heavy atom. The van der Waals surface area contributed by atoms with E-state index >= 15 is 0 Å². The molecule has 9 heteroatoms. The third-order valence-electron chi connectivity index (χ3n) is 7.62. The van der Waals surface area contributed by atoms with Crippen molar-refractivity contribution in [1.82, 2.24) is 29.6 Å². The van der Waals surface area contributed by atoms with E-state index in [1.807, 2.05) is 17.5 Å². The normalized spacial score (nSPS) is 22.1. The third-order valence-corrected chi connectivity index (χ3v) is 9.59. The SMILES string of the molecule is Cc1ccc(-n2c(SCc3nc(C(=O)N4CC5(C)CC4CC(C)(C)C5)cs3)nnc2-c2cccnc2)cc1. The van der Waals surface area contributed by atoms with Gasteiger partial charge in [0, 0.05) is 41.6 Å². The summed E-state index contributed by atoms with van der Waals surface area (Å²) in [5.74, 6) is 1.44. The van der Waals surface area contributed by atoms with Gasteiger partial charge in [0.25, 0.3) is 5.91 Å². The molecule has 196 valence electrons. The molecule has 38 heavy (non-hydrogen) atoms. The van der Waals surface area contributed by atoms with Gasteiger partial charge in [-0.1, -0.05) is 50.2 Å². The molecule has 0 radical (unpaired) electrons. The lowest BCUT2D eigenvalue weighted by Gasteiger charge is -2.39. The average molecular weight is 545 g/mol. The molecule has 2 unspecified atom stereocenters. The van der Waals surface area contributed by atoms with Crippen LogP contribution in [0.4, 0.5) is 0 Å². The Morgan fingerprint density at radius 3 is 2.71 bits per heavy atom. The molecule has 1 aliphatic carbocycles. The highest BCUT2D eigenvalue weighted by atomic mass is 32.2. The zero-order valence-electron chi connectivity index (χ0n) is 22.2. The summed E-state index contributed by atoms with van der Waals surface area (Å²) >= 11 is 3.12. The van der Waals surface area contributed by atoms with Crippen LogP contribution in [0.15, 0.2) is 59.3 Å². The summed E-state index contributed by atoms with van der Waals surface area (Å²) in [5, 5.41) is 12.6. The minimum Gasteiger partial charge on any atom is -0.334 e. The number of benzene rings is 1. The highest BCUT2D eigenvalue weighted by Gasteiger charge is 2.51. The van der Waals surface area contributed by atoms with E-state index in [0.717, 1.165) is 46.6 Å². The van der Waals surface area contributed by atoms with Gasteiger partial charge in [-0.15, -0.1) is 21.5 Å². The number of carbonyl (C=O) groups is 1. The molecule has 3 aromatic heterocycles. The van der Waals surface area contributed by atoms with Crippen molar-refractivity contribution in [1.29, 1.82) is 0 Å². The first-order chi connectivity index (χ1) is 18.2. The number of aromatic nitrogens is 5. The molecule has 2 bridgehead atoms. The van der Waals surface area contributed by atoms with E-state index in [-0.39, 0.29) is 16.7 Å². The molecule has 2 aliphatic rings. The van der Waals surface area contributed by atoms with Crippen LogP contribution in [-0.4, -0.2) is 48.1 Å². The number of thioether (sulfide) groups is 1. The van der Waals surface area contributed by atoms with Gasteiger partial charge in [0.15, 0.2) is 11.0 Å². The standard InChI is InChI=1S/C29H32N6OS2/c1-19-7-9-21(10-8-19)35-25(20-6-5-11-30-14-20)32-33-27(35)38-16-24-31-23(15-37-24)26(36)34-18-29(4)13-22(34)12-28(2,3)17-29/h5-11,14-15,22H,12-13,16-18H2,1-4H3. The van der Waals surface area contributed by atoms with Crippen LogP contribution in [0.2, 0.25) is 0 Å². The Balaban J connectivity index is 1.21. The van der Waals surface area contributed by atoms with Crippen LogP contribution < -0.4 is 0 Å². The van der Waals surface area contributed by atoms with Crippen LogP contribution in [0.3, 0.4) is 0 Å². The van der Waals surface area contributed by atoms with Crippen molar-refractivity contribution >= 4 is 29.0 Å². The van der Waals surface area contributed by atoms with Crippen molar-refractivity contribution in [3.63, 3.8) is 0 Å². The third kappa shape index (κ3) is 4.89. The fourth-order valence-electron chi connectivity index (χ4n) is 6.42. The molecule has 4 aromatic rings. The number of rotatable bonds is 6. The van der Waals surface area contributed by atoms with Crippen molar-refractivity contribution in [2.75, 3.05) is 6.54 Å². The van der Waals surface area contributed by atoms with Gasteiger partial charge >= 0.3 is 0 Å². The highest BCUT2D eigenvalue weighted by molar-refractivity contribution is 7.98. The van der Waals surface area contributed by atoms with Gasteiger partial charge in [0.05, 0.1) is 5.75 Å². The molecule has 2 fully saturated rings. The molecule has 1 saturated heterocycles. The number of likely N-dealkylation sites (tertiary alicyclic amines) is 1. The number of pyridine rings is 1. The molecule has 1 aromatic carbocycles. The van der Waals surface area contributed by atoms with E-state index in [9.17, 15) is 4.79 Å². The predicted octanol–water partition coefficient (Wildman–Crippen LogP) is 6.43. The molecule has 0 N–H and O–H groups in total. The van der Waals surface area contributed by atoms with Crippen LogP contribution in [0.5, 0.6) is 0 Å². The molecule has 1 saturated carbocycles. The molecule has 6 rings (SSSR count). The fourth-order valence-corrected chi connectivity index (χ4v) is 8.16. The fraction of sp³-hybridized carbons (Fsp3) is 0.414. The number of amides is 1.